The van der Waals surface area contributed by atoms with E-state index in [0.717, 1.165) is 11.8 Å². The van der Waals surface area contributed by atoms with Gasteiger partial charge >= 0.3 is 0 Å². The van der Waals surface area contributed by atoms with Gasteiger partial charge in [-0.25, -0.2) is 26.3 Å². The molecular weight excluding hydrogens is 314 g/mol. The van der Waals surface area contributed by atoms with E-state index in [1.54, 1.807) is 19.9 Å². The van der Waals surface area contributed by atoms with Crippen LogP contribution in [-0.2, 0) is 20.0 Å². The lowest BCUT2D eigenvalue weighted by atomic mass is 10.1. The third-order valence-electron chi connectivity index (χ3n) is 2.94. The van der Waals surface area contributed by atoms with Crippen molar-refractivity contribution in [2.75, 3.05) is 25.1 Å². The highest BCUT2D eigenvalue weighted by molar-refractivity contribution is 7.89. The van der Waals surface area contributed by atoms with Crippen LogP contribution in [0.15, 0.2) is 17.0 Å². The highest BCUT2D eigenvalue weighted by atomic mass is 32.2. The molecule has 0 spiro atoms. The van der Waals surface area contributed by atoms with E-state index >= 15 is 0 Å². The minimum atomic E-state index is -3.66. The minimum absolute atomic E-state index is 0.137. The van der Waals surface area contributed by atoms with Gasteiger partial charge in [0.05, 0.1) is 11.2 Å². The van der Waals surface area contributed by atoms with Crippen LogP contribution in [0.1, 0.15) is 17.5 Å². The molecule has 0 heterocycles. The maximum absolute atomic E-state index is 12.2. The van der Waals surface area contributed by atoms with E-state index < -0.39 is 20.0 Å². The number of hydrogen-bond donors (Lipinski definition) is 3. The maximum atomic E-state index is 12.2. The van der Waals surface area contributed by atoms with E-state index in [9.17, 15) is 16.8 Å². The van der Waals surface area contributed by atoms with Crippen LogP contribution >= 0.6 is 0 Å². The van der Waals surface area contributed by atoms with Gasteiger partial charge in [-0.15, -0.1) is 0 Å². The van der Waals surface area contributed by atoms with Crippen LogP contribution in [0.3, 0.4) is 0 Å². The monoisotopic (exact) mass is 335 g/mol. The number of rotatable bonds is 7. The largest absolute Gasteiger partial charge is 0.399 e. The number of sulfonamides is 2. The lowest BCUT2D eigenvalue weighted by Crippen LogP contribution is -2.30. The minimum Gasteiger partial charge on any atom is -0.399 e. The van der Waals surface area contributed by atoms with Crippen molar-refractivity contribution in [1.29, 1.82) is 0 Å². The lowest BCUT2D eigenvalue weighted by Gasteiger charge is -2.12. The molecule has 0 saturated heterocycles. The van der Waals surface area contributed by atoms with Crippen molar-refractivity contribution in [3.63, 3.8) is 0 Å². The molecule has 120 valence electrons. The molecule has 1 rings (SSSR count). The molecule has 0 aromatic heterocycles. The number of benzene rings is 1. The third-order valence-corrected chi connectivity index (χ3v) is 5.26. The van der Waals surface area contributed by atoms with E-state index in [2.05, 4.69) is 9.44 Å². The Kier molecular flexibility index (Phi) is 5.74. The predicted molar refractivity (Wildman–Crippen MR) is 83.0 cm³/mol. The molecule has 0 atom stereocenters. The average Bonchev–Trinajstić information content (AvgIpc) is 2.31. The third kappa shape index (κ3) is 5.62. The predicted octanol–water partition coefficient (Wildman–Crippen LogP) is 0.103. The molecule has 9 heteroatoms. The summed E-state index contributed by atoms with van der Waals surface area (Å²) >= 11 is 0. The van der Waals surface area contributed by atoms with Crippen LogP contribution in [0.2, 0.25) is 0 Å². The zero-order valence-electron chi connectivity index (χ0n) is 12.3. The fraction of sp³-hybridized carbons (Fsp3) is 0.500. The first-order valence-corrected chi connectivity index (χ1v) is 9.71. The van der Waals surface area contributed by atoms with Crippen molar-refractivity contribution in [1.82, 2.24) is 9.44 Å². The van der Waals surface area contributed by atoms with Crippen molar-refractivity contribution >= 4 is 25.7 Å². The molecule has 0 saturated carbocycles. The number of anilines is 1. The fourth-order valence-corrected chi connectivity index (χ4v) is 3.70. The topological polar surface area (TPSA) is 118 Å². The summed E-state index contributed by atoms with van der Waals surface area (Å²) in [6.45, 7) is 3.82. The summed E-state index contributed by atoms with van der Waals surface area (Å²) < 4.78 is 50.9. The Bertz CT molecular complexity index is 712. The van der Waals surface area contributed by atoms with Gasteiger partial charge in [-0.3, -0.25) is 0 Å². The second-order valence-electron chi connectivity index (χ2n) is 4.88. The van der Waals surface area contributed by atoms with Gasteiger partial charge in [0.15, 0.2) is 0 Å². The molecule has 0 fully saturated rings. The number of hydrogen-bond acceptors (Lipinski definition) is 5. The van der Waals surface area contributed by atoms with Crippen molar-refractivity contribution in [3.8, 4) is 0 Å². The normalized spacial score (nSPS) is 12.5. The quantitative estimate of drug-likeness (QED) is 0.482. The Balaban J connectivity index is 2.71. The van der Waals surface area contributed by atoms with Gasteiger partial charge in [-0.2, -0.15) is 0 Å². The molecule has 1 aromatic rings. The standard InChI is InChI=1S/C12H21N3O4S2/c1-9-7-11(13)8-12(10(9)2)21(18,19)15-6-4-5-14-20(3,16)17/h7-8,14-15H,4-6,13H2,1-3H3. The number of aryl methyl sites for hydroxylation is 1. The smallest absolute Gasteiger partial charge is 0.240 e. The highest BCUT2D eigenvalue weighted by Gasteiger charge is 2.18. The number of nitrogens with two attached hydrogens (primary N) is 1. The molecule has 4 N–H and O–H groups in total. The van der Waals surface area contributed by atoms with Crippen LogP contribution in [0, 0.1) is 13.8 Å². The van der Waals surface area contributed by atoms with E-state index in [0.29, 0.717) is 17.7 Å². The Morgan fingerprint density at radius 3 is 2.19 bits per heavy atom. The van der Waals surface area contributed by atoms with Gasteiger partial charge in [-0.1, -0.05) is 0 Å². The van der Waals surface area contributed by atoms with Crippen molar-refractivity contribution in [2.24, 2.45) is 0 Å². The van der Waals surface area contributed by atoms with Crippen molar-refractivity contribution in [2.45, 2.75) is 25.2 Å². The van der Waals surface area contributed by atoms with Gasteiger partial charge in [0.1, 0.15) is 0 Å². The van der Waals surface area contributed by atoms with E-state index in [1.165, 1.54) is 6.07 Å². The summed E-state index contributed by atoms with van der Waals surface area (Å²) in [5.41, 5.74) is 7.51. The Hall–Kier alpha value is -1.16. The molecule has 0 amide bonds. The van der Waals surface area contributed by atoms with E-state index in [-0.39, 0.29) is 18.0 Å². The fourth-order valence-electron chi connectivity index (χ4n) is 1.76. The molecule has 0 bridgehead atoms. The summed E-state index contributed by atoms with van der Waals surface area (Å²) in [5.74, 6) is 0. The first-order valence-electron chi connectivity index (χ1n) is 6.34. The van der Waals surface area contributed by atoms with E-state index in [1.807, 2.05) is 0 Å². The molecule has 0 aliphatic heterocycles. The van der Waals surface area contributed by atoms with Crippen LogP contribution < -0.4 is 15.2 Å². The maximum Gasteiger partial charge on any atom is 0.240 e. The Morgan fingerprint density at radius 2 is 1.62 bits per heavy atom. The summed E-state index contributed by atoms with van der Waals surface area (Å²) in [6, 6.07) is 3.13. The summed E-state index contributed by atoms with van der Waals surface area (Å²) in [6.07, 6.45) is 1.41. The highest BCUT2D eigenvalue weighted by Crippen LogP contribution is 2.22. The van der Waals surface area contributed by atoms with Gasteiger partial charge in [0.2, 0.25) is 20.0 Å². The van der Waals surface area contributed by atoms with Crippen molar-refractivity contribution in [3.05, 3.63) is 23.3 Å². The van der Waals surface area contributed by atoms with Crippen molar-refractivity contribution < 1.29 is 16.8 Å². The molecule has 0 aliphatic carbocycles. The second kappa shape index (κ2) is 6.73. The zero-order chi connectivity index (χ0) is 16.3. The molecule has 0 radical (unpaired) electrons. The molecule has 0 unspecified atom stereocenters. The van der Waals surface area contributed by atoms with Crippen LogP contribution in [0.5, 0.6) is 0 Å². The molecule has 1 aromatic carbocycles. The van der Waals surface area contributed by atoms with Gasteiger partial charge in [0, 0.05) is 18.8 Å². The van der Waals surface area contributed by atoms with Crippen LogP contribution in [0.4, 0.5) is 5.69 Å². The molecule has 0 aliphatic rings. The Labute approximate surface area is 126 Å². The summed E-state index contributed by atoms with van der Waals surface area (Å²) in [4.78, 5) is 0.149. The van der Waals surface area contributed by atoms with Gasteiger partial charge < -0.3 is 5.73 Å². The first-order chi connectivity index (χ1) is 9.53. The number of nitrogen functional groups attached to an aromatic ring is 1. The van der Waals surface area contributed by atoms with Gasteiger partial charge in [0.25, 0.3) is 0 Å². The Morgan fingerprint density at radius 1 is 1.05 bits per heavy atom. The summed E-state index contributed by atoms with van der Waals surface area (Å²) in [5, 5.41) is 0. The first kappa shape index (κ1) is 17.9. The SMILES string of the molecule is Cc1cc(N)cc(S(=O)(=O)NCCCNS(C)(=O)=O)c1C. The summed E-state index contributed by atoms with van der Waals surface area (Å²) in [7, 11) is -6.91. The number of nitrogens with one attached hydrogen (secondary N) is 2. The molecular formula is C12H21N3O4S2. The second-order valence-corrected chi connectivity index (χ2v) is 8.45. The van der Waals surface area contributed by atoms with E-state index in [4.69, 9.17) is 5.73 Å². The average molecular weight is 335 g/mol. The lowest BCUT2D eigenvalue weighted by molar-refractivity contribution is 0.574. The molecule has 7 nitrogen and oxygen atoms in total. The van der Waals surface area contributed by atoms with Crippen LogP contribution in [-0.4, -0.2) is 36.2 Å². The molecule has 21 heavy (non-hydrogen) atoms. The van der Waals surface area contributed by atoms with Gasteiger partial charge in [-0.05, 0) is 43.5 Å². The zero-order valence-corrected chi connectivity index (χ0v) is 13.9. The van der Waals surface area contributed by atoms with Crippen LogP contribution in [0.25, 0.3) is 0 Å².